The summed E-state index contributed by atoms with van der Waals surface area (Å²) in [7, 11) is 0. The van der Waals surface area contributed by atoms with E-state index < -0.39 is 0 Å². The molecule has 0 atom stereocenters. The zero-order valence-electron chi connectivity index (χ0n) is 15.3. The predicted molar refractivity (Wildman–Crippen MR) is 121 cm³/mol. The molecule has 8 heteroatoms. The van der Waals surface area contributed by atoms with E-state index in [0.717, 1.165) is 22.2 Å². The van der Waals surface area contributed by atoms with Gasteiger partial charge in [0.1, 0.15) is 9.93 Å². The molecule has 0 N–H and O–H groups in total. The standard InChI is InChI=1S/C20H17Cl2N3OS2/c1-3-24-15-7-5-6-8-16(15)27-19(24)17-18(26)25(4-2)20(28-17)23-12-9-10-13(21)14(22)11-12/h5-11H,3-4H2,1-2H3/b19-17-,23-20?. The minimum atomic E-state index is -0.0138. The summed E-state index contributed by atoms with van der Waals surface area (Å²) in [6.45, 7) is 5.38. The quantitative estimate of drug-likeness (QED) is 0.509. The van der Waals surface area contributed by atoms with E-state index in [0.29, 0.717) is 32.4 Å². The second-order valence-corrected chi connectivity index (χ2v) is 8.92. The van der Waals surface area contributed by atoms with Crippen LogP contribution in [0.5, 0.6) is 0 Å². The summed E-state index contributed by atoms with van der Waals surface area (Å²) in [6, 6.07) is 13.4. The molecule has 2 aliphatic rings. The van der Waals surface area contributed by atoms with Crippen molar-refractivity contribution in [1.29, 1.82) is 0 Å². The van der Waals surface area contributed by atoms with E-state index >= 15 is 0 Å². The lowest BCUT2D eigenvalue weighted by Gasteiger charge is -2.19. The van der Waals surface area contributed by atoms with Crippen molar-refractivity contribution in [1.82, 2.24) is 4.90 Å². The summed E-state index contributed by atoms with van der Waals surface area (Å²) >= 11 is 15.2. The van der Waals surface area contributed by atoms with Gasteiger partial charge in [0.25, 0.3) is 5.91 Å². The maximum atomic E-state index is 13.1. The van der Waals surface area contributed by atoms with Gasteiger partial charge >= 0.3 is 0 Å². The summed E-state index contributed by atoms with van der Waals surface area (Å²) < 4.78 is 0. The maximum Gasteiger partial charge on any atom is 0.269 e. The molecule has 4 rings (SSSR count). The number of nitrogens with zero attached hydrogens (tertiary/aromatic N) is 3. The monoisotopic (exact) mass is 449 g/mol. The fourth-order valence-corrected chi connectivity index (χ4v) is 5.83. The number of thioether (sulfide) groups is 2. The molecule has 0 unspecified atom stereocenters. The van der Waals surface area contributed by atoms with Gasteiger partial charge in [-0.25, -0.2) is 4.99 Å². The van der Waals surface area contributed by atoms with Gasteiger partial charge < -0.3 is 4.90 Å². The lowest BCUT2D eigenvalue weighted by Crippen LogP contribution is -2.29. The van der Waals surface area contributed by atoms with E-state index in [-0.39, 0.29) is 5.91 Å². The number of hydrogen-bond donors (Lipinski definition) is 0. The lowest BCUT2D eigenvalue weighted by atomic mass is 10.3. The summed E-state index contributed by atoms with van der Waals surface area (Å²) in [6.07, 6.45) is 0. The zero-order valence-corrected chi connectivity index (χ0v) is 18.4. The molecule has 1 fully saturated rings. The van der Waals surface area contributed by atoms with Crippen LogP contribution < -0.4 is 4.90 Å². The highest BCUT2D eigenvalue weighted by Crippen LogP contribution is 2.50. The molecule has 1 saturated heterocycles. The number of fused-ring (bicyclic) bond motifs is 1. The molecule has 2 aromatic rings. The molecule has 1 amide bonds. The summed E-state index contributed by atoms with van der Waals surface area (Å²) in [5.74, 6) is -0.0138. The fraction of sp³-hybridized carbons (Fsp3) is 0.200. The topological polar surface area (TPSA) is 35.9 Å². The van der Waals surface area contributed by atoms with Crippen molar-refractivity contribution in [3.63, 3.8) is 0 Å². The number of aliphatic imine (C=N–C) groups is 1. The SMILES string of the molecule is CCN1C(=O)/C(=C2/Sc3ccccc3N2CC)SC1=Nc1ccc(Cl)c(Cl)c1. The molecular formula is C20H17Cl2N3OS2. The van der Waals surface area contributed by atoms with E-state index in [4.69, 9.17) is 23.2 Å². The molecular weight excluding hydrogens is 433 g/mol. The molecule has 0 aromatic heterocycles. The van der Waals surface area contributed by atoms with Crippen LogP contribution >= 0.6 is 46.7 Å². The van der Waals surface area contributed by atoms with Crippen LogP contribution in [-0.4, -0.2) is 29.1 Å². The Labute approximate surface area is 182 Å². The molecule has 0 spiro atoms. The Bertz CT molecular complexity index is 1020. The minimum absolute atomic E-state index is 0.0138. The summed E-state index contributed by atoms with van der Waals surface area (Å²) in [5, 5.41) is 2.55. The molecule has 0 bridgehead atoms. The van der Waals surface area contributed by atoms with Crippen molar-refractivity contribution in [2.45, 2.75) is 18.7 Å². The Kier molecular flexibility index (Phi) is 5.65. The highest BCUT2D eigenvalue weighted by Gasteiger charge is 2.38. The van der Waals surface area contributed by atoms with Gasteiger partial charge in [-0.15, -0.1) is 0 Å². The van der Waals surface area contributed by atoms with Crippen LogP contribution in [-0.2, 0) is 4.79 Å². The van der Waals surface area contributed by atoms with Gasteiger partial charge in [0.05, 0.1) is 21.4 Å². The first-order chi connectivity index (χ1) is 13.5. The molecule has 0 saturated carbocycles. The van der Waals surface area contributed by atoms with Crippen LogP contribution in [0, 0.1) is 0 Å². The number of amides is 1. The van der Waals surface area contributed by atoms with Crippen LogP contribution in [0.25, 0.3) is 0 Å². The Balaban J connectivity index is 1.74. The minimum Gasteiger partial charge on any atom is -0.334 e. The Morgan fingerprint density at radius 1 is 0.964 bits per heavy atom. The second-order valence-electron chi connectivity index (χ2n) is 6.09. The van der Waals surface area contributed by atoms with Gasteiger partial charge in [0, 0.05) is 18.0 Å². The number of anilines is 1. The van der Waals surface area contributed by atoms with Gasteiger partial charge in [-0.2, -0.15) is 0 Å². The number of rotatable bonds is 3. The van der Waals surface area contributed by atoms with Gasteiger partial charge in [0.2, 0.25) is 0 Å². The molecule has 2 aliphatic heterocycles. The molecule has 4 nitrogen and oxygen atoms in total. The lowest BCUT2D eigenvalue weighted by molar-refractivity contribution is -0.122. The van der Waals surface area contributed by atoms with Gasteiger partial charge in [-0.3, -0.25) is 9.69 Å². The van der Waals surface area contributed by atoms with Crippen molar-refractivity contribution >= 4 is 69.2 Å². The van der Waals surface area contributed by atoms with E-state index in [2.05, 4.69) is 28.9 Å². The van der Waals surface area contributed by atoms with Crippen molar-refractivity contribution in [3.8, 4) is 0 Å². The zero-order chi connectivity index (χ0) is 19.8. The summed E-state index contributed by atoms with van der Waals surface area (Å²) in [5.41, 5.74) is 1.81. The van der Waals surface area contributed by atoms with Gasteiger partial charge in [-0.05, 0) is 55.9 Å². The van der Waals surface area contributed by atoms with Gasteiger partial charge in [-0.1, -0.05) is 47.1 Å². The van der Waals surface area contributed by atoms with Crippen LogP contribution in [0.2, 0.25) is 10.0 Å². The summed E-state index contributed by atoms with van der Waals surface area (Å²) in [4.78, 5) is 23.6. The van der Waals surface area contributed by atoms with Crippen LogP contribution in [0.3, 0.4) is 0 Å². The number of para-hydroxylation sites is 1. The first-order valence-electron chi connectivity index (χ1n) is 8.85. The number of amidine groups is 1. The van der Waals surface area contributed by atoms with Crippen LogP contribution in [0.4, 0.5) is 11.4 Å². The third-order valence-corrected chi connectivity index (χ3v) is 7.54. The largest absolute Gasteiger partial charge is 0.334 e. The highest BCUT2D eigenvalue weighted by atomic mass is 35.5. The number of carbonyl (C=O) groups excluding carboxylic acids is 1. The molecule has 2 heterocycles. The van der Waals surface area contributed by atoms with Gasteiger partial charge in [0.15, 0.2) is 5.17 Å². The average Bonchev–Trinajstić information content (AvgIpc) is 3.21. The first kappa shape index (κ1) is 19.7. The number of hydrogen-bond acceptors (Lipinski definition) is 5. The van der Waals surface area contributed by atoms with Crippen molar-refractivity contribution in [2.24, 2.45) is 4.99 Å². The van der Waals surface area contributed by atoms with E-state index in [1.54, 1.807) is 34.9 Å². The normalized spacial score (nSPS) is 20.4. The Morgan fingerprint density at radius 3 is 2.43 bits per heavy atom. The van der Waals surface area contributed by atoms with E-state index in [1.807, 2.05) is 19.1 Å². The molecule has 0 aliphatic carbocycles. The third-order valence-electron chi connectivity index (χ3n) is 4.43. The smallest absolute Gasteiger partial charge is 0.269 e. The first-order valence-corrected chi connectivity index (χ1v) is 11.2. The number of likely N-dealkylation sites (N-methyl/N-ethyl adjacent to an activating group) is 1. The predicted octanol–water partition coefficient (Wildman–Crippen LogP) is 6.38. The van der Waals surface area contributed by atoms with Crippen molar-refractivity contribution in [2.75, 3.05) is 18.0 Å². The Morgan fingerprint density at radius 2 is 1.71 bits per heavy atom. The fourth-order valence-electron chi connectivity index (χ4n) is 3.08. The molecule has 2 aromatic carbocycles. The molecule has 144 valence electrons. The van der Waals surface area contributed by atoms with Crippen LogP contribution in [0.1, 0.15) is 13.8 Å². The highest BCUT2D eigenvalue weighted by molar-refractivity contribution is 8.19. The van der Waals surface area contributed by atoms with Crippen molar-refractivity contribution in [3.05, 3.63) is 62.4 Å². The third kappa shape index (κ3) is 3.43. The van der Waals surface area contributed by atoms with E-state index in [1.165, 1.54) is 11.8 Å². The number of halogens is 2. The van der Waals surface area contributed by atoms with E-state index in [9.17, 15) is 4.79 Å². The average molecular weight is 450 g/mol. The second kappa shape index (κ2) is 8.03. The molecule has 0 radical (unpaired) electrons. The number of benzene rings is 2. The Hall–Kier alpha value is -1.60. The van der Waals surface area contributed by atoms with Crippen molar-refractivity contribution < 1.29 is 4.79 Å². The number of carbonyl (C=O) groups is 1. The maximum absolute atomic E-state index is 13.1. The van der Waals surface area contributed by atoms with Crippen LogP contribution in [0.15, 0.2) is 62.3 Å². The molecule has 28 heavy (non-hydrogen) atoms.